The molecule has 1 heterocycles. The lowest BCUT2D eigenvalue weighted by atomic mass is 9.66. The minimum Gasteiger partial charge on any atom is -0.378 e. The maximum absolute atomic E-state index is 13.5. The number of anilines is 2. The first-order valence-electron chi connectivity index (χ1n) is 10.7. The fourth-order valence-electron chi connectivity index (χ4n) is 5.17. The maximum Gasteiger partial charge on any atom is 0.143 e. The van der Waals surface area contributed by atoms with E-state index < -0.39 is 0 Å². The van der Waals surface area contributed by atoms with Gasteiger partial charge in [-0.1, -0.05) is 62.4 Å². The predicted octanol–water partition coefficient (Wildman–Crippen LogP) is 5.96. The van der Waals surface area contributed by atoms with Gasteiger partial charge < -0.3 is 10.2 Å². The zero-order chi connectivity index (χ0) is 21.0. The molecule has 1 N–H and O–H groups in total. The van der Waals surface area contributed by atoms with Gasteiger partial charge >= 0.3 is 0 Å². The third-order valence-corrected chi connectivity index (χ3v) is 6.52. The Morgan fingerprint density at radius 3 is 2.40 bits per heavy atom. The molecule has 2 aliphatic rings. The number of rotatable bonds is 2. The van der Waals surface area contributed by atoms with Crippen LogP contribution >= 0.6 is 0 Å². The molecule has 0 fully saturated rings. The number of Topliss-reactive ketones (excluding diaryl/α,β-unsaturated/α-hetero) is 1. The van der Waals surface area contributed by atoms with Crippen molar-refractivity contribution < 1.29 is 4.79 Å². The summed E-state index contributed by atoms with van der Waals surface area (Å²) in [6, 6.07) is 21.5. The number of fused-ring (bicyclic) bond motifs is 4. The van der Waals surface area contributed by atoms with Crippen molar-refractivity contribution >= 4 is 27.9 Å². The van der Waals surface area contributed by atoms with Crippen molar-refractivity contribution in [2.24, 2.45) is 11.3 Å². The molecule has 0 saturated heterocycles. The minimum atomic E-state index is -0.165. The Morgan fingerprint density at radius 2 is 1.67 bits per heavy atom. The number of allylic oxidation sites excluding steroid dienone is 2. The molecule has 0 radical (unpaired) electrons. The Balaban J connectivity index is 1.77. The van der Waals surface area contributed by atoms with E-state index in [4.69, 9.17) is 0 Å². The van der Waals surface area contributed by atoms with Gasteiger partial charge in [-0.3, -0.25) is 4.79 Å². The van der Waals surface area contributed by atoms with E-state index in [0.29, 0.717) is 12.2 Å². The van der Waals surface area contributed by atoms with E-state index in [2.05, 4.69) is 105 Å². The Bertz CT molecular complexity index is 1170. The molecule has 3 nitrogen and oxygen atoms in total. The summed E-state index contributed by atoms with van der Waals surface area (Å²) in [6.07, 6.45) is 2.85. The van der Waals surface area contributed by atoms with Crippen LogP contribution in [-0.4, -0.2) is 19.9 Å². The van der Waals surface area contributed by atoms with Crippen LogP contribution in [0.25, 0.3) is 10.8 Å². The molecule has 2 atom stereocenters. The first kappa shape index (κ1) is 18.9. The second kappa shape index (κ2) is 6.73. The third-order valence-electron chi connectivity index (χ3n) is 6.52. The molecule has 0 saturated carbocycles. The van der Waals surface area contributed by atoms with E-state index in [1.54, 1.807) is 0 Å². The normalized spacial score (nSPS) is 22.0. The number of benzene rings is 3. The summed E-state index contributed by atoms with van der Waals surface area (Å²) in [5.41, 5.74) is 5.65. The summed E-state index contributed by atoms with van der Waals surface area (Å²) in [4.78, 5) is 15.6. The summed E-state index contributed by atoms with van der Waals surface area (Å²) < 4.78 is 0. The molecule has 30 heavy (non-hydrogen) atoms. The molecule has 3 aromatic carbocycles. The Hall–Kier alpha value is -3.07. The monoisotopic (exact) mass is 396 g/mol. The molecule has 5 rings (SSSR count). The standard InChI is InChI=1S/C27H28N2O/c1-27(2)15-22-26(23(30)16-27)24(18-9-12-19(13-10-18)29(3)4)25-20-8-6-5-7-17(20)11-14-21(25)28-22/h5-15,24,26,28H,16H2,1-4H3/t24-,26+/m1/s1. The highest BCUT2D eigenvalue weighted by Gasteiger charge is 2.44. The molecule has 3 heteroatoms. The highest BCUT2D eigenvalue weighted by atomic mass is 16.1. The van der Waals surface area contributed by atoms with Crippen LogP contribution in [0.3, 0.4) is 0 Å². The molecular formula is C27H28N2O. The molecule has 3 aromatic rings. The van der Waals surface area contributed by atoms with Gasteiger partial charge in [-0.2, -0.15) is 0 Å². The van der Waals surface area contributed by atoms with Crippen LogP contribution in [0.15, 0.2) is 72.4 Å². The zero-order valence-electron chi connectivity index (χ0n) is 18.1. The minimum absolute atomic E-state index is 0.0124. The first-order chi connectivity index (χ1) is 14.3. The van der Waals surface area contributed by atoms with E-state index in [0.717, 1.165) is 17.1 Å². The Morgan fingerprint density at radius 1 is 0.933 bits per heavy atom. The van der Waals surface area contributed by atoms with E-state index in [9.17, 15) is 4.79 Å². The topological polar surface area (TPSA) is 32.3 Å². The quantitative estimate of drug-likeness (QED) is 0.580. The number of nitrogens with one attached hydrogen (secondary N) is 1. The van der Waals surface area contributed by atoms with Crippen molar-refractivity contribution in [3.8, 4) is 0 Å². The summed E-state index contributed by atoms with van der Waals surface area (Å²) in [5, 5.41) is 6.07. The smallest absolute Gasteiger partial charge is 0.143 e. The second-order valence-corrected chi connectivity index (χ2v) is 9.55. The van der Waals surface area contributed by atoms with Gasteiger partial charge in [-0.05, 0) is 45.5 Å². The molecule has 0 aromatic heterocycles. The number of hydrogen-bond acceptors (Lipinski definition) is 3. The number of carbonyl (C=O) groups is 1. The van der Waals surface area contributed by atoms with E-state index in [-0.39, 0.29) is 17.3 Å². The van der Waals surface area contributed by atoms with Gasteiger partial charge in [0.05, 0.1) is 5.92 Å². The van der Waals surface area contributed by atoms with Crippen molar-refractivity contribution in [1.29, 1.82) is 0 Å². The molecule has 0 unspecified atom stereocenters. The first-order valence-corrected chi connectivity index (χ1v) is 10.7. The Kier molecular flexibility index (Phi) is 4.25. The van der Waals surface area contributed by atoms with Crippen LogP contribution < -0.4 is 10.2 Å². The van der Waals surface area contributed by atoms with Gasteiger partial charge in [0.1, 0.15) is 5.78 Å². The second-order valence-electron chi connectivity index (χ2n) is 9.55. The van der Waals surface area contributed by atoms with Crippen molar-refractivity contribution in [1.82, 2.24) is 0 Å². The van der Waals surface area contributed by atoms with Crippen LogP contribution in [0.2, 0.25) is 0 Å². The highest BCUT2D eigenvalue weighted by molar-refractivity contribution is 5.97. The molecule has 152 valence electrons. The lowest BCUT2D eigenvalue weighted by molar-refractivity contribution is -0.124. The van der Waals surface area contributed by atoms with Gasteiger partial charge in [0.15, 0.2) is 0 Å². The summed E-state index contributed by atoms with van der Waals surface area (Å²) in [7, 11) is 4.10. The lowest BCUT2D eigenvalue weighted by Crippen LogP contribution is -2.39. The molecule has 0 amide bonds. The van der Waals surface area contributed by atoms with Crippen molar-refractivity contribution in [2.75, 3.05) is 24.3 Å². The molecule has 0 spiro atoms. The van der Waals surface area contributed by atoms with E-state index in [1.807, 2.05) is 0 Å². The SMILES string of the molecule is CN(C)c1ccc([C@@H]2c3c(ccc4ccccc34)NC3=CC(C)(C)CC(=O)[C@H]32)cc1. The van der Waals surface area contributed by atoms with Crippen molar-refractivity contribution in [2.45, 2.75) is 26.2 Å². The van der Waals surface area contributed by atoms with E-state index >= 15 is 0 Å². The van der Waals surface area contributed by atoms with Gasteiger partial charge in [0.25, 0.3) is 0 Å². The largest absolute Gasteiger partial charge is 0.378 e. The van der Waals surface area contributed by atoms with Crippen LogP contribution in [-0.2, 0) is 4.79 Å². The average Bonchev–Trinajstić information content (AvgIpc) is 2.71. The van der Waals surface area contributed by atoms with Gasteiger partial charge in [0.2, 0.25) is 0 Å². The summed E-state index contributed by atoms with van der Waals surface area (Å²) in [6.45, 7) is 4.29. The molecule has 0 bridgehead atoms. The average molecular weight is 397 g/mol. The number of nitrogens with zero attached hydrogens (tertiary/aromatic N) is 1. The number of ketones is 1. The van der Waals surface area contributed by atoms with Crippen molar-refractivity contribution in [3.05, 3.63) is 83.6 Å². The van der Waals surface area contributed by atoms with Gasteiger partial charge in [0, 0.05) is 43.5 Å². The van der Waals surface area contributed by atoms with E-state index in [1.165, 1.54) is 21.9 Å². The van der Waals surface area contributed by atoms with Crippen LogP contribution in [0.1, 0.15) is 37.3 Å². The number of carbonyl (C=O) groups excluding carboxylic acids is 1. The van der Waals surface area contributed by atoms with Crippen LogP contribution in [0, 0.1) is 11.3 Å². The zero-order valence-corrected chi connectivity index (χ0v) is 18.1. The summed E-state index contributed by atoms with van der Waals surface area (Å²) >= 11 is 0. The molecule has 1 aliphatic heterocycles. The Labute approximate surface area is 178 Å². The van der Waals surface area contributed by atoms with Crippen molar-refractivity contribution in [3.63, 3.8) is 0 Å². The van der Waals surface area contributed by atoms with Gasteiger partial charge in [-0.15, -0.1) is 0 Å². The van der Waals surface area contributed by atoms with Crippen LogP contribution in [0.5, 0.6) is 0 Å². The van der Waals surface area contributed by atoms with Crippen LogP contribution in [0.4, 0.5) is 11.4 Å². The summed E-state index contributed by atoms with van der Waals surface area (Å²) in [5.74, 6) is 0.171. The fraction of sp³-hybridized carbons (Fsp3) is 0.296. The van der Waals surface area contributed by atoms with Gasteiger partial charge in [-0.25, -0.2) is 0 Å². The molecule has 1 aliphatic carbocycles. The predicted molar refractivity (Wildman–Crippen MR) is 125 cm³/mol. The maximum atomic E-state index is 13.5. The highest BCUT2D eigenvalue weighted by Crippen LogP contribution is 2.51. The molecular weight excluding hydrogens is 368 g/mol. The number of hydrogen-bond donors (Lipinski definition) is 1. The fourth-order valence-corrected chi connectivity index (χ4v) is 5.17. The third kappa shape index (κ3) is 3.00. The lowest BCUT2D eigenvalue weighted by Gasteiger charge is -2.42.